The summed E-state index contributed by atoms with van der Waals surface area (Å²) in [6.07, 6.45) is 3.51. The minimum atomic E-state index is 0.0180. The molecule has 4 heteroatoms. The Morgan fingerprint density at radius 3 is 3.07 bits per heavy atom. The van der Waals surface area contributed by atoms with Gasteiger partial charge in [-0.3, -0.25) is 4.79 Å². The molecule has 14 heavy (non-hydrogen) atoms. The SMILES string of the molecule is CCc1cnc(C2CCNC2)[nH]c1=O. The van der Waals surface area contributed by atoms with Crippen LogP contribution >= 0.6 is 0 Å². The largest absolute Gasteiger partial charge is 0.316 e. The summed E-state index contributed by atoms with van der Waals surface area (Å²) in [5.41, 5.74) is 0.782. The van der Waals surface area contributed by atoms with Crippen LogP contribution in [0.3, 0.4) is 0 Å². The Hall–Kier alpha value is -1.16. The lowest BCUT2D eigenvalue weighted by Crippen LogP contribution is -2.18. The van der Waals surface area contributed by atoms with Crippen molar-refractivity contribution in [2.45, 2.75) is 25.7 Å². The molecule has 1 fully saturated rings. The molecule has 0 radical (unpaired) electrons. The van der Waals surface area contributed by atoms with Crippen LogP contribution in [-0.2, 0) is 6.42 Å². The molecule has 2 heterocycles. The summed E-state index contributed by atoms with van der Waals surface area (Å²) < 4.78 is 0. The predicted octanol–water partition coefficient (Wildman–Crippen LogP) is 0.409. The second kappa shape index (κ2) is 3.92. The number of aromatic amines is 1. The lowest BCUT2D eigenvalue weighted by atomic mass is 10.1. The fourth-order valence-electron chi connectivity index (χ4n) is 1.78. The molecule has 4 nitrogen and oxygen atoms in total. The normalized spacial score (nSPS) is 21.4. The smallest absolute Gasteiger partial charge is 0.254 e. The molecule has 0 spiro atoms. The van der Waals surface area contributed by atoms with Gasteiger partial charge in [0, 0.05) is 24.2 Å². The minimum absolute atomic E-state index is 0.0180. The van der Waals surface area contributed by atoms with Crippen molar-refractivity contribution in [1.29, 1.82) is 0 Å². The highest BCUT2D eigenvalue weighted by Crippen LogP contribution is 2.16. The Morgan fingerprint density at radius 1 is 1.64 bits per heavy atom. The average molecular weight is 193 g/mol. The van der Waals surface area contributed by atoms with Crippen LogP contribution in [0, 0.1) is 0 Å². The van der Waals surface area contributed by atoms with Crippen molar-refractivity contribution in [1.82, 2.24) is 15.3 Å². The van der Waals surface area contributed by atoms with E-state index in [4.69, 9.17) is 0 Å². The van der Waals surface area contributed by atoms with Gasteiger partial charge in [-0.15, -0.1) is 0 Å². The fraction of sp³-hybridized carbons (Fsp3) is 0.600. The number of nitrogens with zero attached hydrogens (tertiary/aromatic N) is 1. The molecule has 1 atom stereocenters. The maximum atomic E-state index is 11.5. The third kappa shape index (κ3) is 1.70. The molecule has 0 bridgehead atoms. The van der Waals surface area contributed by atoms with Crippen LogP contribution in [0.1, 0.15) is 30.7 Å². The van der Waals surface area contributed by atoms with E-state index in [2.05, 4.69) is 15.3 Å². The lowest BCUT2D eigenvalue weighted by molar-refractivity contribution is 0.692. The van der Waals surface area contributed by atoms with Crippen molar-refractivity contribution in [3.05, 3.63) is 27.9 Å². The van der Waals surface area contributed by atoms with E-state index in [9.17, 15) is 4.79 Å². The molecule has 1 saturated heterocycles. The van der Waals surface area contributed by atoms with E-state index in [0.717, 1.165) is 37.3 Å². The first-order chi connectivity index (χ1) is 6.81. The Balaban J connectivity index is 2.27. The van der Waals surface area contributed by atoms with Gasteiger partial charge in [0.05, 0.1) is 0 Å². The van der Waals surface area contributed by atoms with Gasteiger partial charge in [0.1, 0.15) is 5.82 Å². The zero-order chi connectivity index (χ0) is 9.97. The number of nitrogens with one attached hydrogen (secondary N) is 2. The molecule has 1 aromatic heterocycles. The number of H-pyrrole nitrogens is 1. The van der Waals surface area contributed by atoms with Crippen molar-refractivity contribution >= 4 is 0 Å². The number of rotatable bonds is 2. The topological polar surface area (TPSA) is 57.8 Å². The molecule has 76 valence electrons. The quantitative estimate of drug-likeness (QED) is 0.715. The van der Waals surface area contributed by atoms with Gasteiger partial charge in [-0.2, -0.15) is 0 Å². The number of hydrogen-bond donors (Lipinski definition) is 2. The van der Waals surface area contributed by atoms with E-state index >= 15 is 0 Å². The van der Waals surface area contributed by atoms with Crippen LogP contribution in [0.2, 0.25) is 0 Å². The molecule has 0 aliphatic carbocycles. The van der Waals surface area contributed by atoms with Gasteiger partial charge in [0.15, 0.2) is 0 Å². The lowest BCUT2D eigenvalue weighted by Gasteiger charge is -2.07. The second-order valence-electron chi connectivity index (χ2n) is 3.67. The number of hydrogen-bond acceptors (Lipinski definition) is 3. The summed E-state index contributed by atoms with van der Waals surface area (Å²) in [5.74, 6) is 1.21. The van der Waals surface area contributed by atoms with E-state index in [1.807, 2.05) is 6.92 Å². The van der Waals surface area contributed by atoms with E-state index in [0.29, 0.717) is 5.92 Å². The first kappa shape index (κ1) is 9.40. The monoisotopic (exact) mass is 193 g/mol. The molecule has 2 rings (SSSR count). The highest BCUT2D eigenvalue weighted by atomic mass is 16.1. The third-order valence-electron chi connectivity index (χ3n) is 2.72. The molecule has 1 aliphatic rings. The molecule has 0 aromatic carbocycles. The Bertz CT molecular complexity index is 366. The first-order valence-corrected chi connectivity index (χ1v) is 5.10. The van der Waals surface area contributed by atoms with Gasteiger partial charge in [-0.25, -0.2) is 4.98 Å². The molecule has 1 aliphatic heterocycles. The molecular formula is C10H15N3O. The summed E-state index contributed by atoms with van der Waals surface area (Å²) >= 11 is 0. The molecule has 0 amide bonds. The summed E-state index contributed by atoms with van der Waals surface area (Å²) in [6, 6.07) is 0. The van der Waals surface area contributed by atoms with Crippen molar-refractivity contribution in [2.75, 3.05) is 13.1 Å². The Morgan fingerprint density at radius 2 is 2.50 bits per heavy atom. The van der Waals surface area contributed by atoms with Crippen LogP contribution in [0.25, 0.3) is 0 Å². The fourth-order valence-corrected chi connectivity index (χ4v) is 1.78. The van der Waals surface area contributed by atoms with Gasteiger partial charge < -0.3 is 10.3 Å². The molecule has 2 N–H and O–H groups in total. The predicted molar refractivity (Wildman–Crippen MR) is 54.5 cm³/mol. The van der Waals surface area contributed by atoms with Crippen molar-refractivity contribution in [3.63, 3.8) is 0 Å². The van der Waals surface area contributed by atoms with Gasteiger partial charge in [-0.1, -0.05) is 6.92 Å². The van der Waals surface area contributed by atoms with Crippen LogP contribution in [0.4, 0.5) is 0 Å². The highest BCUT2D eigenvalue weighted by molar-refractivity contribution is 5.09. The van der Waals surface area contributed by atoms with Gasteiger partial charge >= 0.3 is 0 Å². The molecule has 1 unspecified atom stereocenters. The molecular weight excluding hydrogens is 178 g/mol. The highest BCUT2D eigenvalue weighted by Gasteiger charge is 2.18. The first-order valence-electron chi connectivity index (χ1n) is 5.10. The summed E-state index contributed by atoms with van der Waals surface area (Å²) in [7, 11) is 0. The minimum Gasteiger partial charge on any atom is -0.316 e. The maximum Gasteiger partial charge on any atom is 0.254 e. The van der Waals surface area contributed by atoms with Crippen LogP contribution in [-0.4, -0.2) is 23.1 Å². The number of aromatic nitrogens is 2. The standard InChI is InChI=1S/C10H15N3O/c1-2-7-6-12-9(13-10(7)14)8-3-4-11-5-8/h6,8,11H,2-5H2,1H3,(H,12,13,14). The maximum absolute atomic E-state index is 11.5. The van der Waals surface area contributed by atoms with Crippen LogP contribution in [0.15, 0.2) is 11.0 Å². The summed E-state index contributed by atoms with van der Waals surface area (Å²) in [5, 5.41) is 3.26. The van der Waals surface area contributed by atoms with Gasteiger partial charge in [-0.05, 0) is 19.4 Å². The third-order valence-corrected chi connectivity index (χ3v) is 2.72. The molecule has 0 saturated carbocycles. The summed E-state index contributed by atoms with van der Waals surface area (Å²) in [6.45, 7) is 3.90. The van der Waals surface area contributed by atoms with E-state index in [-0.39, 0.29) is 5.56 Å². The van der Waals surface area contributed by atoms with Crippen LogP contribution < -0.4 is 10.9 Å². The van der Waals surface area contributed by atoms with Crippen molar-refractivity contribution < 1.29 is 0 Å². The zero-order valence-electron chi connectivity index (χ0n) is 8.34. The Labute approximate surface area is 82.8 Å². The van der Waals surface area contributed by atoms with Crippen molar-refractivity contribution in [2.24, 2.45) is 0 Å². The van der Waals surface area contributed by atoms with Crippen LogP contribution in [0.5, 0.6) is 0 Å². The van der Waals surface area contributed by atoms with E-state index in [1.54, 1.807) is 6.20 Å². The molecule has 1 aromatic rings. The van der Waals surface area contributed by atoms with Crippen molar-refractivity contribution in [3.8, 4) is 0 Å². The number of aryl methyl sites for hydroxylation is 1. The van der Waals surface area contributed by atoms with Gasteiger partial charge in [0.25, 0.3) is 5.56 Å². The van der Waals surface area contributed by atoms with E-state index < -0.39 is 0 Å². The summed E-state index contributed by atoms with van der Waals surface area (Å²) in [4.78, 5) is 18.7. The van der Waals surface area contributed by atoms with Gasteiger partial charge in [0.2, 0.25) is 0 Å². The second-order valence-corrected chi connectivity index (χ2v) is 3.67. The van der Waals surface area contributed by atoms with E-state index in [1.165, 1.54) is 0 Å². The Kier molecular flexibility index (Phi) is 2.63. The zero-order valence-corrected chi connectivity index (χ0v) is 8.34. The average Bonchev–Trinajstić information content (AvgIpc) is 2.70.